The molecule has 0 aromatic carbocycles. The zero-order valence-electron chi connectivity index (χ0n) is 13.8. The Hall–Kier alpha value is -0.810. The van der Waals surface area contributed by atoms with Crippen LogP contribution in [0.3, 0.4) is 0 Å². The molecule has 2 fully saturated rings. The Morgan fingerprint density at radius 3 is 2.18 bits per heavy atom. The summed E-state index contributed by atoms with van der Waals surface area (Å²) >= 11 is 0. The number of carbonyl (C=O) groups excluding carboxylic acids is 2. The molecule has 3 N–H and O–H groups in total. The van der Waals surface area contributed by atoms with E-state index in [4.69, 9.17) is 5.73 Å². The summed E-state index contributed by atoms with van der Waals surface area (Å²) in [6.07, 6.45) is 6.53. The summed E-state index contributed by atoms with van der Waals surface area (Å²) in [5.41, 5.74) is 5.59. The molecule has 1 heterocycles. The van der Waals surface area contributed by atoms with Crippen LogP contribution in [-0.2, 0) is 9.59 Å². The molecule has 5 nitrogen and oxygen atoms in total. The highest BCUT2D eigenvalue weighted by atomic mass is 35.5. The van der Waals surface area contributed by atoms with Crippen LogP contribution in [0.2, 0.25) is 0 Å². The minimum absolute atomic E-state index is 0. The Morgan fingerprint density at radius 2 is 1.68 bits per heavy atom. The van der Waals surface area contributed by atoms with Gasteiger partial charge in [-0.3, -0.25) is 9.59 Å². The highest BCUT2D eigenvalue weighted by Crippen LogP contribution is 2.26. The number of halogens is 1. The second kappa shape index (κ2) is 8.16. The van der Waals surface area contributed by atoms with Crippen LogP contribution in [0.5, 0.6) is 0 Å². The molecule has 0 spiro atoms. The van der Waals surface area contributed by atoms with Crippen LogP contribution < -0.4 is 11.1 Å². The van der Waals surface area contributed by atoms with Gasteiger partial charge in [-0.25, -0.2) is 0 Å². The number of carbonyl (C=O) groups is 2. The first kappa shape index (κ1) is 19.2. The maximum atomic E-state index is 12.4. The van der Waals surface area contributed by atoms with E-state index < -0.39 is 5.54 Å². The third-order valence-corrected chi connectivity index (χ3v) is 4.83. The summed E-state index contributed by atoms with van der Waals surface area (Å²) in [6.45, 7) is 5.33. The number of hydrogen-bond donors (Lipinski definition) is 2. The van der Waals surface area contributed by atoms with Gasteiger partial charge in [-0.1, -0.05) is 33.1 Å². The van der Waals surface area contributed by atoms with Crippen LogP contribution in [0.1, 0.15) is 58.8 Å². The molecule has 0 aromatic rings. The number of hydrogen-bond acceptors (Lipinski definition) is 3. The Morgan fingerprint density at radius 1 is 1.14 bits per heavy atom. The topological polar surface area (TPSA) is 75.4 Å². The first-order valence-corrected chi connectivity index (χ1v) is 8.31. The van der Waals surface area contributed by atoms with Crippen LogP contribution in [0, 0.1) is 5.92 Å². The van der Waals surface area contributed by atoms with E-state index >= 15 is 0 Å². The van der Waals surface area contributed by atoms with Crippen molar-refractivity contribution in [2.24, 2.45) is 11.7 Å². The van der Waals surface area contributed by atoms with E-state index in [9.17, 15) is 9.59 Å². The largest absolute Gasteiger partial charge is 0.352 e. The van der Waals surface area contributed by atoms with Crippen LogP contribution in [-0.4, -0.2) is 41.4 Å². The zero-order valence-corrected chi connectivity index (χ0v) is 14.6. The van der Waals surface area contributed by atoms with E-state index in [1.807, 2.05) is 18.7 Å². The van der Waals surface area contributed by atoms with E-state index in [2.05, 4.69) is 5.32 Å². The molecule has 0 atom stereocenters. The van der Waals surface area contributed by atoms with Crippen molar-refractivity contribution in [3.63, 3.8) is 0 Å². The van der Waals surface area contributed by atoms with Gasteiger partial charge < -0.3 is 16.0 Å². The molecule has 0 radical (unpaired) electrons. The second-order valence-corrected chi connectivity index (χ2v) is 6.94. The first-order valence-electron chi connectivity index (χ1n) is 8.31. The maximum Gasteiger partial charge on any atom is 0.240 e. The van der Waals surface area contributed by atoms with Gasteiger partial charge in [0.05, 0.1) is 5.54 Å². The van der Waals surface area contributed by atoms with Crippen molar-refractivity contribution in [2.75, 3.05) is 13.1 Å². The van der Waals surface area contributed by atoms with E-state index in [0.717, 1.165) is 51.6 Å². The lowest BCUT2D eigenvalue weighted by atomic mass is 9.81. The Bertz CT molecular complexity index is 387. The van der Waals surface area contributed by atoms with Crippen molar-refractivity contribution in [2.45, 2.75) is 70.4 Å². The molecule has 0 bridgehead atoms. The molecule has 1 aliphatic heterocycles. The van der Waals surface area contributed by atoms with Crippen molar-refractivity contribution >= 4 is 24.2 Å². The fraction of sp³-hybridized carbons (Fsp3) is 0.875. The summed E-state index contributed by atoms with van der Waals surface area (Å²) in [7, 11) is 0. The lowest BCUT2D eigenvalue weighted by Gasteiger charge is -2.37. The molecule has 0 unspecified atom stereocenters. The number of piperidine rings is 1. The number of rotatable bonds is 3. The van der Waals surface area contributed by atoms with E-state index in [1.54, 1.807) is 0 Å². The molecule has 2 aliphatic rings. The van der Waals surface area contributed by atoms with Gasteiger partial charge in [0.25, 0.3) is 0 Å². The number of amides is 2. The molecule has 2 amide bonds. The summed E-state index contributed by atoms with van der Waals surface area (Å²) in [5.74, 6) is 0.267. The highest BCUT2D eigenvalue weighted by Gasteiger charge is 2.36. The van der Waals surface area contributed by atoms with Crippen LogP contribution in [0.4, 0.5) is 0 Å². The van der Waals surface area contributed by atoms with Crippen molar-refractivity contribution in [1.82, 2.24) is 10.2 Å². The SMILES string of the molecule is CC(C)C(=O)N1CCC(NC(=O)C2(N)CCCCC2)CC1.Cl. The average molecular weight is 332 g/mol. The Kier molecular flexibility index (Phi) is 7.13. The van der Waals surface area contributed by atoms with Crippen LogP contribution in [0.15, 0.2) is 0 Å². The quantitative estimate of drug-likeness (QED) is 0.828. The minimum Gasteiger partial charge on any atom is -0.352 e. The van der Waals surface area contributed by atoms with Gasteiger partial charge >= 0.3 is 0 Å². The molecule has 0 aromatic heterocycles. The first-order chi connectivity index (χ1) is 9.92. The highest BCUT2D eigenvalue weighted by molar-refractivity contribution is 5.86. The summed E-state index contributed by atoms with van der Waals surface area (Å²) < 4.78 is 0. The van der Waals surface area contributed by atoms with Gasteiger partial charge in [-0.2, -0.15) is 0 Å². The third-order valence-electron chi connectivity index (χ3n) is 4.83. The lowest BCUT2D eigenvalue weighted by molar-refractivity contribution is -0.135. The van der Waals surface area contributed by atoms with Gasteiger partial charge in [0.1, 0.15) is 0 Å². The van der Waals surface area contributed by atoms with Crippen molar-refractivity contribution < 1.29 is 9.59 Å². The fourth-order valence-electron chi connectivity index (χ4n) is 3.35. The molecule has 2 rings (SSSR count). The monoisotopic (exact) mass is 331 g/mol. The maximum absolute atomic E-state index is 12.4. The van der Waals surface area contributed by atoms with E-state index in [1.165, 1.54) is 6.42 Å². The Labute approximate surface area is 139 Å². The Balaban J connectivity index is 0.00000242. The van der Waals surface area contributed by atoms with Gasteiger partial charge in [0.15, 0.2) is 0 Å². The third kappa shape index (κ3) is 4.59. The molecule has 22 heavy (non-hydrogen) atoms. The molecule has 6 heteroatoms. The standard InChI is InChI=1S/C16H29N3O2.ClH/c1-12(2)14(20)19-10-6-13(7-11-19)18-15(21)16(17)8-4-3-5-9-16;/h12-13H,3-11,17H2,1-2H3,(H,18,21);1H. The molecular weight excluding hydrogens is 302 g/mol. The van der Waals surface area contributed by atoms with E-state index in [-0.39, 0.29) is 36.2 Å². The number of nitrogens with zero attached hydrogens (tertiary/aromatic N) is 1. The molecule has 1 aliphatic carbocycles. The van der Waals surface area contributed by atoms with Gasteiger partial charge in [0, 0.05) is 25.0 Å². The predicted octanol–water partition coefficient (Wildman–Crippen LogP) is 1.83. The van der Waals surface area contributed by atoms with Crippen LogP contribution in [0.25, 0.3) is 0 Å². The summed E-state index contributed by atoms with van der Waals surface area (Å²) in [4.78, 5) is 26.2. The van der Waals surface area contributed by atoms with Gasteiger partial charge in [-0.05, 0) is 25.7 Å². The normalized spacial score (nSPS) is 22.1. The molecule has 1 saturated heterocycles. The number of likely N-dealkylation sites (tertiary alicyclic amines) is 1. The van der Waals surface area contributed by atoms with Crippen molar-refractivity contribution in [1.29, 1.82) is 0 Å². The summed E-state index contributed by atoms with van der Waals surface area (Å²) in [6, 6.07) is 0.163. The van der Waals surface area contributed by atoms with Crippen LogP contribution >= 0.6 is 12.4 Å². The number of nitrogens with one attached hydrogen (secondary N) is 1. The van der Waals surface area contributed by atoms with Crippen molar-refractivity contribution in [3.05, 3.63) is 0 Å². The lowest BCUT2D eigenvalue weighted by Crippen LogP contribution is -2.58. The minimum atomic E-state index is -0.664. The average Bonchev–Trinajstić information content (AvgIpc) is 2.48. The zero-order chi connectivity index (χ0) is 15.5. The fourth-order valence-corrected chi connectivity index (χ4v) is 3.35. The molecule has 1 saturated carbocycles. The van der Waals surface area contributed by atoms with Gasteiger partial charge in [-0.15, -0.1) is 12.4 Å². The molecule has 128 valence electrons. The number of nitrogens with two attached hydrogens (primary N) is 1. The van der Waals surface area contributed by atoms with Crippen molar-refractivity contribution in [3.8, 4) is 0 Å². The molecular formula is C16H30ClN3O2. The van der Waals surface area contributed by atoms with Gasteiger partial charge in [0.2, 0.25) is 11.8 Å². The predicted molar refractivity (Wildman–Crippen MR) is 89.8 cm³/mol. The summed E-state index contributed by atoms with van der Waals surface area (Å²) in [5, 5.41) is 3.12. The van der Waals surface area contributed by atoms with E-state index in [0.29, 0.717) is 0 Å². The second-order valence-electron chi connectivity index (χ2n) is 6.94. The smallest absolute Gasteiger partial charge is 0.240 e.